The zero-order valence-electron chi connectivity index (χ0n) is 29.2. The smallest absolute Gasteiger partial charge is 0.126 e. The maximum absolute atomic E-state index is 9.94. The molecule has 0 aliphatic carbocycles. The number of aromatic hydroxyl groups is 1. The molecule has 0 aliphatic heterocycles. The van der Waals surface area contributed by atoms with Crippen molar-refractivity contribution in [1.29, 1.82) is 0 Å². The van der Waals surface area contributed by atoms with Crippen LogP contribution < -0.4 is 4.74 Å². The Bertz CT molecular complexity index is 2080. The molecule has 1 N–H and O–H groups in total. The molecule has 0 aromatic heterocycles. The van der Waals surface area contributed by atoms with E-state index in [2.05, 4.69) is 0 Å². The summed E-state index contributed by atoms with van der Waals surface area (Å²) >= 11 is 0. The second-order valence-electron chi connectivity index (χ2n) is 7.54. The van der Waals surface area contributed by atoms with Gasteiger partial charge in [-0.15, -0.1) is 17.0 Å². The summed E-state index contributed by atoms with van der Waals surface area (Å²) in [5, 5.41) is 12.8. The molecular weight excluding hydrogens is 508 g/mol. The summed E-state index contributed by atoms with van der Waals surface area (Å²) in [5.74, 6) is 0.767. The minimum Gasteiger partial charge on any atom is -0.507 e. The van der Waals surface area contributed by atoms with E-state index in [0.717, 1.165) is 10.8 Å². The van der Waals surface area contributed by atoms with E-state index in [9.17, 15) is 5.11 Å². The lowest BCUT2D eigenvalue weighted by Crippen LogP contribution is -1.87. The lowest BCUT2D eigenvalue weighted by atomic mass is 9.98. The Balaban J connectivity index is 0.000000205. The minimum atomic E-state index is -0.415. The third-order valence-electron chi connectivity index (χ3n) is 5.54. The first kappa shape index (κ1) is 15.1. The number of phenolic OH excluding ortho intramolecular Hbond substituents is 1. The molecule has 0 saturated heterocycles. The zero-order chi connectivity index (χ0) is 32.7. The Labute approximate surface area is 236 Å². The van der Waals surface area contributed by atoms with Gasteiger partial charge in [0.2, 0.25) is 0 Å². The number of benzene rings is 6. The predicted octanol–water partition coefficient (Wildman–Crippen LogP) is 9.31. The van der Waals surface area contributed by atoms with Crippen LogP contribution in [0.25, 0.3) is 43.8 Å². The lowest BCUT2D eigenvalue weighted by molar-refractivity contribution is 0.420. The molecule has 36 heavy (non-hydrogen) atoms. The molecular formula is C33H27BrO2. The van der Waals surface area contributed by atoms with Crippen LogP contribution in [0.4, 0.5) is 0 Å². The molecule has 0 bridgehead atoms. The molecule has 0 radical (unpaired) electrons. The van der Waals surface area contributed by atoms with Gasteiger partial charge in [0, 0.05) is 10.8 Å². The third-order valence-corrected chi connectivity index (χ3v) is 5.54. The average molecular weight is 546 g/mol. The number of fused-ring (bicyclic) bond motifs is 2. The van der Waals surface area contributed by atoms with E-state index >= 15 is 0 Å². The fraction of sp³-hybridized carbons (Fsp3) is 0.0303. The molecule has 6 aromatic rings. The van der Waals surface area contributed by atoms with E-state index in [-0.39, 0.29) is 88.2 Å². The summed E-state index contributed by atoms with van der Waals surface area (Å²) in [7, 11) is 1.58. The van der Waals surface area contributed by atoms with E-state index in [1.165, 1.54) is 6.07 Å². The Morgan fingerprint density at radius 2 is 1.00 bits per heavy atom. The Hall–Kier alpha value is -4.08. The van der Waals surface area contributed by atoms with Crippen molar-refractivity contribution in [2.75, 3.05) is 7.11 Å². The summed E-state index contributed by atoms with van der Waals surface area (Å²) < 4.78 is 84.4. The van der Waals surface area contributed by atoms with Crippen LogP contribution in [0, 0.1) is 0 Å². The van der Waals surface area contributed by atoms with Gasteiger partial charge in [0.25, 0.3) is 0 Å². The van der Waals surface area contributed by atoms with Gasteiger partial charge in [-0.1, -0.05) is 121 Å². The fourth-order valence-corrected chi connectivity index (χ4v) is 3.94. The van der Waals surface area contributed by atoms with Crippen LogP contribution in [0.5, 0.6) is 11.5 Å². The van der Waals surface area contributed by atoms with E-state index in [0.29, 0.717) is 27.6 Å². The van der Waals surface area contributed by atoms with Crippen LogP contribution >= 0.6 is 17.0 Å². The van der Waals surface area contributed by atoms with Crippen LogP contribution in [-0.2, 0) is 0 Å². The molecule has 0 unspecified atom stereocenters. The van der Waals surface area contributed by atoms with Crippen molar-refractivity contribution in [3.8, 4) is 33.8 Å². The molecule has 0 atom stereocenters. The molecule has 0 spiro atoms. The maximum atomic E-state index is 9.94. The van der Waals surface area contributed by atoms with Crippen LogP contribution in [0.15, 0.2) is 133 Å². The van der Waals surface area contributed by atoms with Gasteiger partial charge in [-0.3, -0.25) is 0 Å². The molecule has 6 aromatic carbocycles. The van der Waals surface area contributed by atoms with E-state index in [4.69, 9.17) is 18.4 Å². The van der Waals surface area contributed by atoms with Crippen LogP contribution in [0.1, 0.15) is 13.7 Å². The molecule has 178 valence electrons. The van der Waals surface area contributed by atoms with E-state index < -0.39 is 6.04 Å². The number of hydrogen-bond acceptors (Lipinski definition) is 2. The molecule has 0 aliphatic rings. The van der Waals surface area contributed by atoms with Crippen molar-refractivity contribution < 1.29 is 23.6 Å². The van der Waals surface area contributed by atoms with Crippen LogP contribution in [0.3, 0.4) is 0 Å². The molecule has 0 heterocycles. The van der Waals surface area contributed by atoms with Gasteiger partial charge in [0.05, 0.1) is 20.8 Å². The second kappa shape index (κ2) is 11.6. The first-order valence-corrected chi connectivity index (χ1v) is 10.8. The number of ether oxygens (including phenoxy) is 1. The quantitative estimate of drug-likeness (QED) is 0.240. The molecule has 0 saturated carbocycles. The van der Waals surface area contributed by atoms with Gasteiger partial charge in [0.1, 0.15) is 11.5 Å². The molecule has 6 rings (SSSR count). The number of hydrogen-bond donors (Lipinski definition) is 1. The van der Waals surface area contributed by atoms with E-state index in [1.54, 1.807) is 49.6 Å². The number of phenols is 1. The van der Waals surface area contributed by atoms with Gasteiger partial charge < -0.3 is 9.84 Å². The van der Waals surface area contributed by atoms with Gasteiger partial charge in [0.15, 0.2) is 0 Å². The zero-order valence-corrected chi connectivity index (χ0v) is 20.9. The highest BCUT2D eigenvalue weighted by atomic mass is 79.9. The van der Waals surface area contributed by atoms with Crippen molar-refractivity contribution in [2.45, 2.75) is 0 Å². The van der Waals surface area contributed by atoms with Crippen molar-refractivity contribution >= 4 is 38.5 Å². The summed E-state index contributed by atoms with van der Waals surface area (Å²) in [6.07, 6.45) is 0. The lowest BCUT2D eigenvalue weighted by Gasteiger charge is -2.10. The SMILES string of the molecule is Br.[2H]c1c([2H])c([2H])c(-c2ccc(O)c3ccccc23)c([2H])c1[2H].[2H]c1c([2H])c([2H])c(-c2ccc(OC)c3ccccc23)c([2H])c1[2H]. The normalized spacial score (nSPS) is 14.1. The Kier molecular flexibility index (Phi) is 4.86. The molecule has 0 amide bonds. The van der Waals surface area contributed by atoms with E-state index in [1.807, 2.05) is 24.3 Å². The van der Waals surface area contributed by atoms with Crippen molar-refractivity contribution in [3.63, 3.8) is 0 Å². The average Bonchev–Trinajstić information content (AvgIpc) is 3.06. The third kappa shape index (κ3) is 5.12. The van der Waals surface area contributed by atoms with Crippen molar-refractivity contribution in [2.24, 2.45) is 0 Å². The number of rotatable bonds is 3. The van der Waals surface area contributed by atoms with Gasteiger partial charge in [-0.05, 0) is 45.2 Å². The summed E-state index contributed by atoms with van der Waals surface area (Å²) in [4.78, 5) is 0. The Morgan fingerprint density at radius 1 is 0.556 bits per heavy atom. The second-order valence-corrected chi connectivity index (χ2v) is 7.54. The monoisotopic (exact) mass is 544 g/mol. The number of halogens is 1. The van der Waals surface area contributed by atoms with Crippen LogP contribution in [0.2, 0.25) is 0 Å². The molecule has 2 nitrogen and oxygen atoms in total. The predicted molar refractivity (Wildman–Crippen MR) is 157 cm³/mol. The highest BCUT2D eigenvalue weighted by Crippen LogP contribution is 2.35. The highest BCUT2D eigenvalue weighted by molar-refractivity contribution is 8.93. The van der Waals surface area contributed by atoms with Gasteiger partial charge >= 0.3 is 0 Å². The van der Waals surface area contributed by atoms with Gasteiger partial charge in [-0.25, -0.2) is 0 Å². The van der Waals surface area contributed by atoms with Crippen LogP contribution in [-0.4, -0.2) is 12.2 Å². The summed E-state index contributed by atoms with van der Waals surface area (Å²) in [6, 6.07) is 17.9. The highest BCUT2D eigenvalue weighted by Gasteiger charge is 2.07. The number of methoxy groups -OCH3 is 1. The van der Waals surface area contributed by atoms with Crippen molar-refractivity contribution in [1.82, 2.24) is 0 Å². The van der Waals surface area contributed by atoms with Crippen molar-refractivity contribution in [3.05, 3.63) is 133 Å². The summed E-state index contributed by atoms with van der Waals surface area (Å²) in [5.41, 5.74) is 1.45. The molecule has 3 heteroatoms. The fourth-order valence-electron chi connectivity index (χ4n) is 3.94. The first-order valence-electron chi connectivity index (χ1n) is 15.8. The first-order chi connectivity index (χ1) is 21.4. The topological polar surface area (TPSA) is 29.5 Å². The maximum Gasteiger partial charge on any atom is 0.126 e. The molecule has 0 fully saturated rings. The van der Waals surface area contributed by atoms with Gasteiger partial charge in [-0.2, -0.15) is 0 Å². The minimum absolute atomic E-state index is 0. The standard InChI is InChI=1S/C17H14O.C16H12O.BrH/c1-18-17-12-11-14(13-7-3-2-4-8-13)15-9-5-6-10-16(15)17;17-16-11-10-13(12-6-2-1-3-7-12)14-8-4-5-9-15(14)16;/h2-12H,1H3;1-11,17H;1H/i2D,3D,4D,7D,8D;1D,2D,3D,6D,7D;. The largest absolute Gasteiger partial charge is 0.507 e. The summed E-state index contributed by atoms with van der Waals surface area (Å²) in [6.45, 7) is 0. The Morgan fingerprint density at radius 3 is 1.53 bits per heavy atom.